The summed E-state index contributed by atoms with van der Waals surface area (Å²) in [5, 5.41) is 0. The second-order valence-electron chi connectivity index (χ2n) is 3.26. The molecule has 1 aromatic carbocycles. The summed E-state index contributed by atoms with van der Waals surface area (Å²) in [4.78, 5) is 0.757. The van der Waals surface area contributed by atoms with Crippen LogP contribution in [0.5, 0.6) is 0 Å². The molecule has 1 atom stereocenters. The summed E-state index contributed by atoms with van der Waals surface area (Å²) in [6.07, 6.45) is 2.03. The lowest BCUT2D eigenvalue weighted by Gasteiger charge is -2.11. The molecule has 1 aliphatic heterocycles. The van der Waals surface area contributed by atoms with E-state index in [1.165, 1.54) is 6.07 Å². The van der Waals surface area contributed by atoms with Gasteiger partial charge in [-0.3, -0.25) is 0 Å². The van der Waals surface area contributed by atoms with E-state index in [4.69, 9.17) is 5.73 Å². The largest absolute Gasteiger partial charge is 0.324 e. The Hall–Kier alpha value is -0.540. The van der Waals surface area contributed by atoms with Crippen LogP contribution in [0.4, 0.5) is 4.39 Å². The Bertz CT molecular complexity index is 314. The number of thioether (sulfide) groups is 1. The first kappa shape index (κ1) is 9.03. The zero-order valence-corrected chi connectivity index (χ0v) is 8.11. The molecule has 2 rings (SSSR count). The molecule has 1 heterocycles. The van der Waals surface area contributed by atoms with E-state index in [0.717, 1.165) is 29.1 Å². The van der Waals surface area contributed by atoms with Crippen LogP contribution in [0.15, 0.2) is 23.1 Å². The van der Waals surface area contributed by atoms with Gasteiger partial charge in [-0.15, -0.1) is 11.8 Å². The Morgan fingerprint density at radius 2 is 2.31 bits per heavy atom. The summed E-state index contributed by atoms with van der Waals surface area (Å²) in [7, 11) is 0. The topological polar surface area (TPSA) is 26.0 Å². The molecule has 0 bridgehead atoms. The Kier molecular flexibility index (Phi) is 2.56. The molecule has 70 valence electrons. The maximum atomic E-state index is 13.3. The van der Waals surface area contributed by atoms with Crippen molar-refractivity contribution in [2.75, 3.05) is 5.75 Å². The molecular formula is C10H12FNS. The molecular weight excluding hydrogens is 185 g/mol. The predicted molar refractivity (Wildman–Crippen MR) is 53.3 cm³/mol. The molecule has 2 N–H and O–H groups in total. The van der Waals surface area contributed by atoms with Gasteiger partial charge in [0.05, 0.1) is 0 Å². The minimum atomic E-state index is -0.125. The van der Waals surface area contributed by atoms with Gasteiger partial charge in [-0.25, -0.2) is 4.39 Å². The maximum Gasteiger partial charge on any atom is 0.137 e. The highest BCUT2D eigenvalue weighted by Gasteiger charge is 2.17. The van der Waals surface area contributed by atoms with Crippen molar-refractivity contribution in [3.8, 4) is 0 Å². The lowest BCUT2D eigenvalue weighted by atomic mass is 10.0. The van der Waals surface area contributed by atoms with Crippen molar-refractivity contribution >= 4 is 11.8 Å². The van der Waals surface area contributed by atoms with E-state index >= 15 is 0 Å². The van der Waals surface area contributed by atoms with Crippen molar-refractivity contribution in [3.05, 3.63) is 29.6 Å². The van der Waals surface area contributed by atoms with Crippen LogP contribution in [0.1, 0.15) is 24.4 Å². The molecule has 0 aromatic heterocycles. The fourth-order valence-corrected chi connectivity index (χ4v) is 2.71. The summed E-state index contributed by atoms with van der Waals surface area (Å²) in [6, 6.07) is 5.19. The summed E-state index contributed by atoms with van der Waals surface area (Å²) < 4.78 is 13.3. The van der Waals surface area contributed by atoms with Gasteiger partial charge in [-0.1, -0.05) is 12.1 Å². The van der Waals surface area contributed by atoms with E-state index in [9.17, 15) is 4.39 Å². The second-order valence-corrected chi connectivity index (χ2v) is 4.36. The molecule has 1 aromatic rings. The maximum absolute atomic E-state index is 13.3. The quantitative estimate of drug-likeness (QED) is 0.692. The fourth-order valence-electron chi connectivity index (χ4n) is 1.60. The number of benzene rings is 1. The van der Waals surface area contributed by atoms with Gasteiger partial charge < -0.3 is 5.73 Å². The summed E-state index contributed by atoms with van der Waals surface area (Å²) >= 11 is 1.58. The number of fused-ring (bicyclic) bond motifs is 1. The van der Waals surface area contributed by atoms with Crippen molar-refractivity contribution in [2.24, 2.45) is 5.73 Å². The zero-order valence-electron chi connectivity index (χ0n) is 7.29. The Morgan fingerprint density at radius 3 is 3.15 bits per heavy atom. The third-order valence-electron chi connectivity index (χ3n) is 2.30. The third-order valence-corrected chi connectivity index (χ3v) is 3.51. The Morgan fingerprint density at radius 1 is 1.46 bits per heavy atom. The fraction of sp³-hybridized carbons (Fsp3) is 0.400. The number of halogens is 1. The van der Waals surface area contributed by atoms with Crippen LogP contribution >= 0.6 is 11.8 Å². The van der Waals surface area contributed by atoms with Gasteiger partial charge in [0.2, 0.25) is 0 Å². The summed E-state index contributed by atoms with van der Waals surface area (Å²) in [5.41, 5.74) is 6.91. The van der Waals surface area contributed by atoms with Gasteiger partial charge >= 0.3 is 0 Å². The predicted octanol–water partition coefficient (Wildman–Crippen LogP) is 2.71. The molecule has 0 radical (unpaired) electrons. The minimum absolute atomic E-state index is 0.0145. The van der Waals surface area contributed by atoms with Crippen molar-refractivity contribution in [1.29, 1.82) is 0 Å². The molecule has 0 spiro atoms. The molecule has 1 unspecified atom stereocenters. The third kappa shape index (κ3) is 1.71. The van der Waals surface area contributed by atoms with Crippen molar-refractivity contribution in [3.63, 3.8) is 0 Å². The van der Waals surface area contributed by atoms with Crippen molar-refractivity contribution < 1.29 is 4.39 Å². The molecule has 1 nitrogen and oxygen atoms in total. The van der Waals surface area contributed by atoms with Crippen LogP contribution in [0.25, 0.3) is 0 Å². The van der Waals surface area contributed by atoms with Gasteiger partial charge in [0.1, 0.15) is 5.82 Å². The normalized spacial score (nSPS) is 22.2. The number of hydrogen-bond acceptors (Lipinski definition) is 2. The standard InChI is InChI=1S/C10H12FNS/c11-8-4-1-3-7-9(12)5-2-6-13-10(7)8/h1,3-4,9H,2,5-6,12H2. The average Bonchev–Trinajstić information content (AvgIpc) is 2.30. The van der Waals surface area contributed by atoms with Gasteiger partial charge in [-0.05, 0) is 30.2 Å². The molecule has 0 fully saturated rings. The van der Waals surface area contributed by atoms with E-state index in [1.54, 1.807) is 17.8 Å². The highest BCUT2D eigenvalue weighted by atomic mass is 32.2. The first-order valence-corrected chi connectivity index (χ1v) is 5.44. The van der Waals surface area contributed by atoms with Crippen LogP contribution in [-0.4, -0.2) is 5.75 Å². The highest BCUT2D eigenvalue weighted by molar-refractivity contribution is 7.99. The minimum Gasteiger partial charge on any atom is -0.324 e. The molecule has 13 heavy (non-hydrogen) atoms. The lowest BCUT2D eigenvalue weighted by Crippen LogP contribution is -2.10. The zero-order chi connectivity index (χ0) is 9.26. The van der Waals surface area contributed by atoms with Gasteiger partial charge in [0.15, 0.2) is 0 Å². The molecule has 1 aliphatic rings. The van der Waals surface area contributed by atoms with E-state index in [-0.39, 0.29) is 11.9 Å². The van der Waals surface area contributed by atoms with Crippen molar-refractivity contribution in [1.82, 2.24) is 0 Å². The van der Waals surface area contributed by atoms with Crippen LogP contribution in [0.2, 0.25) is 0 Å². The smallest absolute Gasteiger partial charge is 0.137 e. The Balaban J connectivity index is 2.47. The van der Waals surface area contributed by atoms with Gasteiger partial charge in [0.25, 0.3) is 0 Å². The Labute approximate surface area is 81.5 Å². The van der Waals surface area contributed by atoms with Crippen LogP contribution in [0, 0.1) is 5.82 Å². The lowest BCUT2D eigenvalue weighted by molar-refractivity contribution is 0.581. The average molecular weight is 197 g/mol. The van der Waals surface area contributed by atoms with E-state index < -0.39 is 0 Å². The number of rotatable bonds is 0. The van der Waals surface area contributed by atoms with Crippen molar-refractivity contribution in [2.45, 2.75) is 23.8 Å². The van der Waals surface area contributed by atoms with E-state index in [2.05, 4.69) is 0 Å². The molecule has 0 amide bonds. The van der Waals surface area contributed by atoms with Gasteiger partial charge in [-0.2, -0.15) is 0 Å². The molecule has 0 aliphatic carbocycles. The van der Waals surface area contributed by atoms with Crippen LogP contribution in [0.3, 0.4) is 0 Å². The van der Waals surface area contributed by atoms with Crippen LogP contribution < -0.4 is 5.73 Å². The first-order chi connectivity index (χ1) is 6.29. The number of nitrogens with two attached hydrogens (primary N) is 1. The summed E-state index contributed by atoms with van der Waals surface area (Å²) in [5.74, 6) is 0.849. The monoisotopic (exact) mass is 197 g/mol. The SMILES string of the molecule is NC1CCCSc2c(F)cccc21. The number of hydrogen-bond donors (Lipinski definition) is 1. The molecule has 0 saturated heterocycles. The van der Waals surface area contributed by atoms with E-state index in [0.29, 0.717) is 0 Å². The van der Waals surface area contributed by atoms with Crippen LogP contribution in [-0.2, 0) is 0 Å². The highest BCUT2D eigenvalue weighted by Crippen LogP contribution is 2.34. The second kappa shape index (κ2) is 3.68. The van der Waals surface area contributed by atoms with Gasteiger partial charge in [0, 0.05) is 10.9 Å². The van der Waals surface area contributed by atoms with E-state index in [1.807, 2.05) is 6.07 Å². The summed E-state index contributed by atoms with van der Waals surface area (Å²) in [6.45, 7) is 0. The molecule has 3 heteroatoms. The first-order valence-electron chi connectivity index (χ1n) is 4.46. The molecule has 0 saturated carbocycles.